The maximum atomic E-state index is 2.29. The molecule has 0 fully saturated rings. The zero-order valence-corrected chi connectivity index (χ0v) is 14.0. The Morgan fingerprint density at radius 1 is 0.632 bits per heavy atom. The lowest BCUT2D eigenvalue weighted by atomic mass is 10.0. The molecule has 0 unspecified atom stereocenters. The van der Waals surface area contributed by atoms with Crippen LogP contribution in [-0.4, -0.2) is 0 Å². The molecule has 0 saturated carbocycles. The highest BCUT2D eigenvalue weighted by Gasteiger charge is 1.94. The minimum atomic E-state index is 1.31. The van der Waals surface area contributed by atoms with Gasteiger partial charge in [0.15, 0.2) is 0 Å². The predicted octanol–water partition coefficient (Wildman–Crippen LogP) is 7.43. The summed E-state index contributed by atoms with van der Waals surface area (Å²) in [6.45, 7) is 6.69. The molecule has 0 spiro atoms. The van der Waals surface area contributed by atoms with Crippen molar-refractivity contribution in [2.24, 2.45) is 0 Å². The standard InChI is InChI=1S/C19H38/c1-4-6-7-8-9-10-11-12-13-14-15-16-17-18-19(3)5-2/h5H,4,6-18H2,1-3H3/b19-5+. The van der Waals surface area contributed by atoms with Crippen LogP contribution >= 0.6 is 0 Å². The molecule has 19 heavy (non-hydrogen) atoms. The fourth-order valence-corrected chi connectivity index (χ4v) is 2.57. The maximum absolute atomic E-state index is 2.29. The molecule has 0 aliphatic rings. The van der Waals surface area contributed by atoms with E-state index in [4.69, 9.17) is 0 Å². The number of allylic oxidation sites excluding steroid dienone is 2. The van der Waals surface area contributed by atoms with Crippen molar-refractivity contribution in [3.8, 4) is 0 Å². The fourth-order valence-electron chi connectivity index (χ4n) is 2.57. The Balaban J connectivity index is 2.99. The molecule has 0 aromatic carbocycles. The molecule has 0 amide bonds. The van der Waals surface area contributed by atoms with E-state index >= 15 is 0 Å². The Hall–Kier alpha value is -0.260. The molecule has 0 aromatic rings. The maximum Gasteiger partial charge on any atom is -0.0323 e. The van der Waals surface area contributed by atoms with Gasteiger partial charge in [0.1, 0.15) is 0 Å². The average molecular weight is 267 g/mol. The van der Waals surface area contributed by atoms with Gasteiger partial charge in [0, 0.05) is 0 Å². The number of rotatable bonds is 14. The minimum Gasteiger partial charge on any atom is -0.0887 e. The highest BCUT2D eigenvalue weighted by molar-refractivity contribution is 4.94. The van der Waals surface area contributed by atoms with Gasteiger partial charge < -0.3 is 0 Å². The van der Waals surface area contributed by atoms with Crippen molar-refractivity contribution in [1.82, 2.24) is 0 Å². The highest BCUT2D eigenvalue weighted by Crippen LogP contribution is 2.14. The van der Waals surface area contributed by atoms with E-state index in [0.717, 1.165) is 0 Å². The van der Waals surface area contributed by atoms with Crippen molar-refractivity contribution < 1.29 is 0 Å². The molecule has 0 aromatic heterocycles. The molecule has 0 radical (unpaired) electrons. The Bertz CT molecular complexity index is 190. The second-order valence-electron chi connectivity index (χ2n) is 6.13. The molecule has 0 aliphatic carbocycles. The highest BCUT2D eigenvalue weighted by atomic mass is 14.0. The van der Waals surface area contributed by atoms with E-state index in [9.17, 15) is 0 Å². The quantitative estimate of drug-likeness (QED) is 0.226. The third-order valence-corrected chi connectivity index (χ3v) is 4.17. The van der Waals surface area contributed by atoms with Gasteiger partial charge in [-0.05, 0) is 26.7 Å². The van der Waals surface area contributed by atoms with Gasteiger partial charge in [0.05, 0.1) is 0 Å². The smallest absolute Gasteiger partial charge is 0.0323 e. The van der Waals surface area contributed by atoms with E-state index in [1.807, 2.05) is 0 Å². The fraction of sp³-hybridized carbons (Fsp3) is 0.895. The molecule has 0 heteroatoms. The Kier molecular flexibility index (Phi) is 15.6. The lowest BCUT2D eigenvalue weighted by molar-refractivity contribution is 0.539. The van der Waals surface area contributed by atoms with Crippen LogP contribution in [0.4, 0.5) is 0 Å². The average Bonchev–Trinajstić information content (AvgIpc) is 2.43. The van der Waals surface area contributed by atoms with E-state index in [-0.39, 0.29) is 0 Å². The van der Waals surface area contributed by atoms with Crippen LogP contribution in [-0.2, 0) is 0 Å². The van der Waals surface area contributed by atoms with Crippen molar-refractivity contribution in [2.75, 3.05) is 0 Å². The van der Waals surface area contributed by atoms with Crippen LogP contribution in [0.1, 0.15) is 111 Å². The summed E-state index contributed by atoms with van der Waals surface area (Å²) in [6, 6.07) is 0. The monoisotopic (exact) mass is 266 g/mol. The van der Waals surface area contributed by atoms with E-state index in [0.29, 0.717) is 0 Å². The molecule has 0 atom stereocenters. The molecule has 0 bridgehead atoms. The normalized spacial score (nSPS) is 12.1. The van der Waals surface area contributed by atoms with Crippen molar-refractivity contribution in [3.63, 3.8) is 0 Å². The number of hydrogen-bond acceptors (Lipinski definition) is 0. The zero-order chi connectivity index (χ0) is 14.2. The zero-order valence-electron chi connectivity index (χ0n) is 14.0. The molecule has 0 aliphatic heterocycles. The van der Waals surface area contributed by atoms with Crippen LogP contribution in [0.5, 0.6) is 0 Å². The lowest BCUT2D eigenvalue weighted by Crippen LogP contribution is -1.83. The van der Waals surface area contributed by atoms with Gasteiger partial charge in [-0.2, -0.15) is 0 Å². The molecule has 0 rings (SSSR count). The third-order valence-electron chi connectivity index (χ3n) is 4.17. The summed E-state index contributed by atoms with van der Waals surface area (Å²) in [4.78, 5) is 0. The third kappa shape index (κ3) is 15.7. The Labute approximate surface area is 123 Å². The summed E-state index contributed by atoms with van der Waals surface area (Å²) in [5.41, 5.74) is 1.56. The summed E-state index contributed by atoms with van der Waals surface area (Å²) in [6.07, 6.45) is 22.4. The van der Waals surface area contributed by atoms with E-state index in [1.165, 1.54) is 89.9 Å². The largest absolute Gasteiger partial charge is 0.0887 e. The first-order valence-electron chi connectivity index (χ1n) is 8.93. The molecular weight excluding hydrogens is 228 g/mol. The van der Waals surface area contributed by atoms with Crippen LogP contribution in [0.15, 0.2) is 11.6 Å². The van der Waals surface area contributed by atoms with Crippen LogP contribution in [0.25, 0.3) is 0 Å². The summed E-state index contributed by atoms with van der Waals surface area (Å²) in [5.74, 6) is 0. The van der Waals surface area contributed by atoms with Gasteiger partial charge in [0.2, 0.25) is 0 Å². The molecule has 0 N–H and O–H groups in total. The van der Waals surface area contributed by atoms with Gasteiger partial charge in [-0.25, -0.2) is 0 Å². The van der Waals surface area contributed by atoms with Crippen LogP contribution in [0, 0.1) is 0 Å². The number of hydrogen-bond donors (Lipinski definition) is 0. The van der Waals surface area contributed by atoms with Gasteiger partial charge in [-0.1, -0.05) is 95.6 Å². The SMILES string of the molecule is C/C=C(\C)CCCCCCCCCCCCCCC. The van der Waals surface area contributed by atoms with Gasteiger partial charge in [0.25, 0.3) is 0 Å². The van der Waals surface area contributed by atoms with Crippen molar-refractivity contribution >= 4 is 0 Å². The van der Waals surface area contributed by atoms with E-state index in [1.54, 1.807) is 5.57 Å². The molecule has 0 heterocycles. The van der Waals surface area contributed by atoms with Gasteiger partial charge in [-0.3, -0.25) is 0 Å². The molecular formula is C19H38. The number of unbranched alkanes of at least 4 members (excludes halogenated alkanes) is 12. The first-order chi connectivity index (χ1) is 9.31. The van der Waals surface area contributed by atoms with Crippen molar-refractivity contribution in [2.45, 2.75) is 111 Å². The Morgan fingerprint density at radius 2 is 1.00 bits per heavy atom. The summed E-state index contributed by atoms with van der Waals surface area (Å²) >= 11 is 0. The Morgan fingerprint density at radius 3 is 1.37 bits per heavy atom. The lowest BCUT2D eigenvalue weighted by Gasteiger charge is -2.03. The van der Waals surface area contributed by atoms with Gasteiger partial charge in [-0.15, -0.1) is 0 Å². The predicted molar refractivity (Wildman–Crippen MR) is 89.7 cm³/mol. The topological polar surface area (TPSA) is 0 Å². The van der Waals surface area contributed by atoms with Gasteiger partial charge >= 0.3 is 0 Å². The first-order valence-corrected chi connectivity index (χ1v) is 8.93. The second-order valence-corrected chi connectivity index (χ2v) is 6.13. The molecule has 0 nitrogen and oxygen atoms in total. The molecule has 0 saturated heterocycles. The minimum absolute atomic E-state index is 1.31. The first kappa shape index (κ1) is 18.7. The summed E-state index contributed by atoms with van der Waals surface area (Å²) in [7, 11) is 0. The second kappa shape index (κ2) is 15.8. The summed E-state index contributed by atoms with van der Waals surface area (Å²) < 4.78 is 0. The van der Waals surface area contributed by atoms with E-state index in [2.05, 4.69) is 26.8 Å². The van der Waals surface area contributed by atoms with E-state index < -0.39 is 0 Å². The van der Waals surface area contributed by atoms with Crippen molar-refractivity contribution in [1.29, 1.82) is 0 Å². The van der Waals surface area contributed by atoms with Crippen molar-refractivity contribution in [3.05, 3.63) is 11.6 Å². The summed E-state index contributed by atoms with van der Waals surface area (Å²) in [5, 5.41) is 0. The van der Waals surface area contributed by atoms with Crippen LogP contribution < -0.4 is 0 Å². The molecule has 114 valence electrons. The van der Waals surface area contributed by atoms with Crippen LogP contribution in [0.3, 0.4) is 0 Å². The van der Waals surface area contributed by atoms with Crippen LogP contribution in [0.2, 0.25) is 0 Å².